The Bertz CT molecular complexity index is 1430. The van der Waals surface area contributed by atoms with E-state index in [4.69, 9.17) is 9.05 Å². The van der Waals surface area contributed by atoms with Gasteiger partial charge in [-0.25, -0.2) is 4.57 Å². The summed E-state index contributed by atoms with van der Waals surface area (Å²) in [5.41, 5.74) is 0. The van der Waals surface area contributed by atoms with Crippen LogP contribution in [0.25, 0.3) is 0 Å². The standard InChI is InChI=1S/C81H165N2O6P/c1-6-8-10-12-14-16-18-20-22-24-26-28-30-32-34-36-38-39-40-41-42-43-45-47-49-51-53-55-57-59-61-63-65-67-69-71-73-75-81(85)82-79(78-89-90(86,87)88-77-76-83(3,4)5)80(84)74-72-70-68-66-64-62-60-58-56-54-52-50-48-46-44-37-35-33-31-29-27-25-23-21-19-17-15-13-11-9-7-2/h79-80,84H,6-78H2,1-5H3,(H-,82,85,86,87)/p+1. The van der Waals surface area contributed by atoms with E-state index in [-0.39, 0.29) is 19.1 Å². The first-order valence-electron chi connectivity index (χ1n) is 41.4. The highest BCUT2D eigenvalue weighted by Gasteiger charge is 2.28. The van der Waals surface area contributed by atoms with Gasteiger partial charge in [0.1, 0.15) is 13.2 Å². The number of carbonyl (C=O) groups excluding carboxylic acids is 1. The molecule has 9 heteroatoms. The van der Waals surface area contributed by atoms with E-state index < -0.39 is 20.0 Å². The molecule has 0 rings (SSSR count). The predicted molar refractivity (Wildman–Crippen MR) is 397 cm³/mol. The second-order valence-electron chi connectivity index (χ2n) is 30.2. The average molecular weight is 1300 g/mol. The number of aliphatic hydroxyl groups is 1. The Labute approximate surface area is 565 Å². The Morgan fingerprint density at radius 3 is 0.744 bits per heavy atom. The van der Waals surface area contributed by atoms with Gasteiger partial charge < -0.3 is 19.8 Å². The zero-order chi connectivity index (χ0) is 65.5. The molecule has 3 unspecified atom stereocenters. The summed E-state index contributed by atoms with van der Waals surface area (Å²) in [5, 5.41) is 14.2. The minimum absolute atomic E-state index is 0.0797. The van der Waals surface area contributed by atoms with Crippen LogP contribution in [0.3, 0.4) is 0 Å². The highest BCUT2D eigenvalue weighted by atomic mass is 31.2. The lowest BCUT2D eigenvalue weighted by atomic mass is 10.0. The van der Waals surface area contributed by atoms with Crippen molar-refractivity contribution in [1.29, 1.82) is 0 Å². The van der Waals surface area contributed by atoms with E-state index in [1.54, 1.807) is 0 Å². The Hall–Kier alpha value is -0.500. The number of carbonyl (C=O) groups is 1. The van der Waals surface area contributed by atoms with E-state index in [0.717, 1.165) is 38.5 Å². The molecule has 8 nitrogen and oxygen atoms in total. The molecule has 540 valence electrons. The molecular weight excluding hydrogens is 1130 g/mol. The molecule has 0 radical (unpaired) electrons. The molecular formula is C81H166N2O6P+. The first-order valence-corrected chi connectivity index (χ1v) is 42.9. The Morgan fingerprint density at radius 1 is 0.333 bits per heavy atom. The SMILES string of the molecule is CCCCCCCCCCCCCCCCCCCCCCCCCCCCCCCCCCCCCCCC(=O)NC(COP(=O)(O)OCC[N+](C)(C)C)C(O)CCCCCCCCCCCCCCCCCCCCCCCCCCCCCCCCC. The molecule has 0 spiro atoms. The molecule has 0 aromatic carbocycles. The number of likely N-dealkylation sites (N-methyl/N-ethyl adjacent to an activating group) is 1. The lowest BCUT2D eigenvalue weighted by molar-refractivity contribution is -0.870. The molecule has 0 aromatic heterocycles. The molecule has 0 saturated carbocycles. The Morgan fingerprint density at radius 2 is 0.533 bits per heavy atom. The van der Waals surface area contributed by atoms with Gasteiger partial charge in [0.15, 0.2) is 0 Å². The van der Waals surface area contributed by atoms with Gasteiger partial charge in [-0.15, -0.1) is 0 Å². The van der Waals surface area contributed by atoms with Crippen LogP contribution in [0.5, 0.6) is 0 Å². The van der Waals surface area contributed by atoms with Crippen LogP contribution < -0.4 is 5.32 Å². The molecule has 0 bridgehead atoms. The fourth-order valence-corrected chi connectivity index (χ4v) is 14.2. The van der Waals surface area contributed by atoms with Crippen LogP contribution >= 0.6 is 7.82 Å². The van der Waals surface area contributed by atoms with Crippen molar-refractivity contribution in [3.05, 3.63) is 0 Å². The summed E-state index contributed by atoms with van der Waals surface area (Å²) in [4.78, 5) is 23.5. The lowest BCUT2D eigenvalue weighted by Gasteiger charge is -2.26. The summed E-state index contributed by atoms with van der Waals surface area (Å²) in [6.07, 6.45) is 94.2. The van der Waals surface area contributed by atoms with Gasteiger partial charge in [-0.1, -0.05) is 444 Å². The van der Waals surface area contributed by atoms with Crippen molar-refractivity contribution in [2.24, 2.45) is 0 Å². The first-order chi connectivity index (χ1) is 44.0. The second kappa shape index (κ2) is 72.8. The van der Waals surface area contributed by atoms with Crippen molar-refractivity contribution in [1.82, 2.24) is 5.32 Å². The molecule has 0 saturated heterocycles. The molecule has 3 atom stereocenters. The van der Waals surface area contributed by atoms with Crippen LogP contribution in [0.4, 0.5) is 0 Å². The van der Waals surface area contributed by atoms with Crippen molar-refractivity contribution in [2.45, 2.75) is 475 Å². The number of aliphatic hydroxyl groups excluding tert-OH is 1. The lowest BCUT2D eigenvalue weighted by Crippen LogP contribution is -2.46. The first kappa shape index (κ1) is 89.5. The zero-order valence-electron chi connectivity index (χ0n) is 62.2. The van der Waals surface area contributed by atoms with Gasteiger partial charge in [-0.05, 0) is 12.8 Å². The normalized spacial score (nSPS) is 13.4. The topological polar surface area (TPSA) is 105 Å². The maximum Gasteiger partial charge on any atom is 0.472 e. The van der Waals surface area contributed by atoms with E-state index in [1.165, 1.54) is 398 Å². The number of phosphoric ester groups is 1. The molecule has 0 aliphatic rings. The summed E-state index contributed by atoms with van der Waals surface area (Å²) in [6.45, 7) is 4.98. The Balaban J connectivity index is 3.87. The second-order valence-corrected chi connectivity index (χ2v) is 31.7. The van der Waals surface area contributed by atoms with Crippen LogP contribution in [0.2, 0.25) is 0 Å². The van der Waals surface area contributed by atoms with Gasteiger partial charge in [0.25, 0.3) is 0 Å². The van der Waals surface area contributed by atoms with Crippen molar-refractivity contribution in [3.63, 3.8) is 0 Å². The third kappa shape index (κ3) is 74.9. The molecule has 1 amide bonds. The van der Waals surface area contributed by atoms with E-state index in [0.29, 0.717) is 23.9 Å². The minimum Gasteiger partial charge on any atom is -0.391 e. The van der Waals surface area contributed by atoms with Crippen LogP contribution in [-0.4, -0.2) is 73.4 Å². The van der Waals surface area contributed by atoms with Crippen molar-refractivity contribution in [2.75, 3.05) is 40.9 Å². The third-order valence-electron chi connectivity index (χ3n) is 19.9. The fraction of sp³-hybridized carbons (Fsp3) is 0.988. The van der Waals surface area contributed by atoms with Crippen molar-refractivity contribution >= 4 is 13.7 Å². The molecule has 0 heterocycles. The van der Waals surface area contributed by atoms with E-state index in [2.05, 4.69) is 19.2 Å². The average Bonchev–Trinajstić information content (AvgIpc) is 3.18. The molecule has 0 aliphatic carbocycles. The number of phosphoric acid groups is 1. The molecule has 0 aliphatic heterocycles. The van der Waals surface area contributed by atoms with Gasteiger partial charge in [0.2, 0.25) is 5.91 Å². The smallest absolute Gasteiger partial charge is 0.391 e. The third-order valence-corrected chi connectivity index (χ3v) is 20.8. The van der Waals surface area contributed by atoms with Crippen LogP contribution in [0, 0.1) is 0 Å². The Kier molecular flexibility index (Phi) is 72.4. The number of unbranched alkanes of at least 4 members (excludes halogenated alkanes) is 66. The highest BCUT2D eigenvalue weighted by molar-refractivity contribution is 7.47. The highest BCUT2D eigenvalue weighted by Crippen LogP contribution is 2.43. The van der Waals surface area contributed by atoms with Gasteiger partial charge in [0, 0.05) is 6.42 Å². The summed E-state index contributed by atoms with van der Waals surface area (Å²) < 4.78 is 24.0. The predicted octanol–water partition coefficient (Wildman–Crippen LogP) is 27.0. The number of amides is 1. The van der Waals surface area contributed by atoms with Crippen LogP contribution in [0.15, 0.2) is 0 Å². The number of nitrogens with zero attached hydrogens (tertiary/aromatic N) is 1. The summed E-state index contributed by atoms with van der Waals surface area (Å²) in [5.74, 6) is -0.131. The fourth-order valence-electron chi connectivity index (χ4n) is 13.5. The maximum atomic E-state index is 13.1. The number of hydrogen-bond acceptors (Lipinski definition) is 5. The number of quaternary nitrogens is 1. The molecule has 0 aromatic rings. The minimum atomic E-state index is -4.33. The van der Waals surface area contributed by atoms with Crippen LogP contribution in [-0.2, 0) is 18.4 Å². The van der Waals surface area contributed by atoms with E-state index in [9.17, 15) is 19.4 Å². The maximum absolute atomic E-state index is 13.1. The molecule has 90 heavy (non-hydrogen) atoms. The zero-order valence-corrected chi connectivity index (χ0v) is 63.1. The monoisotopic (exact) mass is 1290 g/mol. The largest absolute Gasteiger partial charge is 0.472 e. The summed E-state index contributed by atoms with van der Waals surface area (Å²) in [7, 11) is 1.65. The van der Waals surface area contributed by atoms with E-state index in [1.807, 2.05) is 21.1 Å². The van der Waals surface area contributed by atoms with Crippen LogP contribution in [0.1, 0.15) is 463 Å². The van der Waals surface area contributed by atoms with Crippen molar-refractivity contribution < 1.29 is 32.9 Å². The summed E-state index contributed by atoms with van der Waals surface area (Å²) >= 11 is 0. The van der Waals surface area contributed by atoms with Gasteiger partial charge in [0.05, 0.1) is 39.9 Å². The number of hydrogen-bond donors (Lipinski definition) is 3. The molecule has 0 fully saturated rings. The number of rotatable bonds is 79. The molecule has 3 N–H and O–H groups in total. The van der Waals surface area contributed by atoms with Crippen molar-refractivity contribution in [3.8, 4) is 0 Å². The van der Waals surface area contributed by atoms with Gasteiger partial charge in [-0.3, -0.25) is 13.8 Å². The van der Waals surface area contributed by atoms with Gasteiger partial charge >= 0.3 is 7.82 Å². The summed E-state index contributed by atoms with van der Waals surface area (Å²) in [6, 6.07) is -0.758. The number of nitrogens with one attached hydrogen (secondary N) is 1. The van der Waals surface area contributed by atoms with Gasteiger partial charge in [-0.2, -0.15) is 0 Å². The quantitative estimate of drug-likeness (QED) is 0.0318. The van der Waals surface area contributed by atoms with E-state index >= 15 is 0 Å².